The van der Waals surface area contributed by atoms with Gasteiger partial charge in [0.25, 0.3) is 5.91 Å². The average molecular weight is 400 g/mol. The van der Waals surface area contributed by atoms with Crippen LogP contribution in [-0.4, -0.2) is 24.6 Å². The van der Waals surface area contributed by atoms with Gasteiger partial charge in [-0.3, -0.25) is 4.79 Å². The van der Waals surface area contributed by atoms with E-state index in [4.69, 9.17) is 20.8 Å². The molecule has 0 aliphatic rings. The van der Waals surface area contributed by atoms with E-state index in [9.17, 15) is 18.4 Å². The molecule has 6 nitrogen and oxygen atoms in total. The molecule has 0 saturated heterocycles. The molecule has 1 aromatic carbocycles. The van der Waals surface area contributed by atoms with Gasteiger partial charge in [0, 0.05) is 11.8 Å². The van der Waals surface area contributed by atoms with Crippen molar-refractivity contribution in [3.8, 4) is 5.75 Å². The fourth-order valence-electron chi connectivity index (χ4n) is 1.97. The molecule has 2 aromatic rings. The summed E-state index contributed by atoms with van der Waals surface area (Å²) in [5, 5.41) is 2.36. The number of aryl methyl sites for hydroxylation is 1. The van der Waals surface area contributed by atoms with E-state index in [1.807, 2.05) is 0 Å². The van der Waals surface area contributed by atoms with Gasteiger partial charge in [-0.25, -0.2) is 4.79 Å². The van der Waals surface area contributed by atoms with Gasteiger partial charge in [0.15, 0.2) is 6.10 Å². The number of esters is 1. The Morgan fingerprint density at radius 3 is 2.59 bits per heavy atom. The number of furan rings is 1. The van der Waals surface area contributed by atoms with Crippen molar-refractivity contribution in [2.45, 2.75) is 26.6 Å². The molecule has 0 aliphatic carbocycles. The Morgan fingerprint density at radius 2 is 2.00 bits per heavy atom. The summed E-state index contributed by atoms with van der Waals surface area (Å²) < 4.78 is 38.9. The molecule has 2 rings (SSSR count). The van der Waals surface area contributed by atoms with E-state index in [1.54, 1.807) is 19.1 Å². The SMILES string of the molecule is Cc1ccc(/C=C/C(=O)OC(C)C(=O)Nc2ccc(OC(F)F)c(Cl)c2)o1. The third-order valence-corrected chi connectivity index (χ3v) is 3.52. The number of carbonyl (C=O) groups is 2. The lowest BCUT2D eigenvalue weighted by Gasteiger charge is -2.13. The van der Waals surface area contributed by atoms with Crippen molar-refractivity contribution in [1.82, 2.24) is 0 Å². The third kappa shape index (κ3) is 6.41. The van der Waals surface area contributed by atoms with Crippen molar-refractivity contribution in [3.63, 3.8) is 0 Å². The molecule has 9 heteroatoms. The summed E-state index contributed by atoms with van der Waals surface area (Å²) in [4.78, 5) is 23.8. The van der Waals surface area contributed by atoms with E-state index in [1.165, 1.54) is 31.2 Å². The second-order valence-electron chi connectivity index (χ2n) is 5.37. The van der Waals surface area contributed by atoms with Crippen LogP contribution in [0.3, 0.4) is 0 Å². The van der Waals surface area contributed by atoms with Gasteiger partial charge >= 0.3 is 12.6 Å². The topological polar surface area (TPSA) is 77.8 Å². The van der Waals surface area contributed by atoms with Crippen molar-refractivity contribution in [2.75, 3.05) is 5.32 Å². The lowest BCUT2D eigenvalue weighted by Crippen LogP contribution is -2.29. The van der Waals surface area contributed by atoms with Crippen LogP contribution in [0.15, 0.2) is 40.8 Å². The van der Waals surface area contributed by atoms with Crippen molar-refractivity contribution in [3.05, 3.63) is 53.0 Å². The minimum Gasteiger partial charge on any atom is -0.462 e. The highest BCUT2D eigenvalue weighted by Crippen LogP contribution is 2.29. The molecule has 0 radical (unpaired) electrons. The van der Waals surface area contributed by atoms with Crippen LogP contribution in [0.4, 0.5) is 14.5 Å². The molecule has 1 aromatic heterocycles. The Kier molecular flexibility index (Phi) is 6.95. The summed E-state index contributed by atoms with van der Waals surface area (Å²) in [6.07, 6.45) is 1.45. The number of halogens is 3. The highest BCUT2D eigenvalue weighted by molar-refractivity contribution is 6.32. The van der Waals surface area contributed by atoms with E-state index in [0.717, 1.165) is 6.08 Å². The third-order valence-electron chi connectivity index (χ3n) is 3.22. The molecule has 0 aliphatic heterocycles. The van der Waals surface area contributed by atoms with Gasteiger partial charge in [-0.05, 0) is 50.3 Å². The Balaban J connectivity index is 1.90. The zero-order valence-corrected chi connectivity index (χ0v) is 15.1. The predicted octanol–water partition coefficient (Wildman–Crippen LogP) is 4.43. The minimum absolute atomic E-state index is 0.102. The van der Waals surface area contributed by atoms with Gasteiger partial charge in [-0.15, -0.1) is 0 Å². The van der Waals surface area contributed by atoms with Gasteiger partial charge in [-0.2, -0.15) is 8.78 Å². The summed E-state index contributed by atoms with van der Waals surface area (Å²) in [6.45, 7) is 0.134. The number of hydrogen-bond donors (Lipinski definition) is 1. The molecule has 1 N–H and O–H groups in total. The molecule has 27 heavy (non-hydrogen) atoms. The number of alkyl halides is 2. The lowest BCUT2D eigenvalue weighted by molar-refractivity contribution is -0.148. The zero-order valence-electron chi connectivity index (χ0n) is 14.4. The van der Waals surface area contributed by atoms with Gasteiger partial charge in [0.05, 0.1) is 5.02 Å². The van der Waals surface area contributed by atoms with Crippen molar-refractivity contribution < 1.29 is 32.3 Å². The van der Waals surface area contributed by atoms with Crippen LogP contribution in [0.2, 0.25) is 5.02 Å². The molecule has 1 amide bonds. The second-order valence-corrected chi connectivity index (χ2v) is 5.78. The van der Waals surface area contributed by atoms with E-state index >= 15 is 0 Å². The average Bonchev–Trinajstić information content (AvgIpc) is 3.00. The highest BCUT2D eigenvalue weighted by atomic mass is 35.5. The lowest BCUT2D eigenvalue weighted by atomic mass is 10.2. The van der Waals surface area contributed by atoms with Crippen LogP contribution in [-0.2, 0) is 14.3 Å². The number of anilines is 1. The number of ether oxygens (including phenoxy) is 2. The largest absolute Gasteiger partial charge is 0.462 e. The molecular formula is C18H16ClF2NO5. The minimum atomic E-state index is -3.01. The fraction of sp³-hybridized carbons (Fsp3) is 0.222. The number of benzene rings is 1. The predicted molar refractivity (Wildman–Crippen MR) is 94.7 cm³/mol. The Hall–Kier alpha value is -2.87. The van der Waals surface area contributed by atoms with Crippen LogP contribution in [0.5, 0.6) is 5.75 Å². The summed E-state index contributed by atoms with van der Waals surface area (Å²) >= 11 is 5.81. The number of rotatable bonds is 7. The van der Waals surface area contributed by atoms with E-state index < -0.39 is 24.6 Å². The Bertz CT molecular complexity index is 850. The fourth-order valence-corrected chi connectivity index (χ4v) is 2.20. The number of amides is 1. The molecule has 0 spiro atoms. The Labute approximate surface area is 158 Å². The molecule has 0 saturated carbocycles. The van der Waals surface area contributed by atoms with Crippen LogP contribution < -0.4 is 10.1 Å². The first kappa shape index (κ1) is 20.4. The molecule has 144 valence electrons. The highest BCUT2D eigenvalue weighted by Gasteiger charge is 2.17. The molecule has 1 heterocycles. The Morgan fingerprint density at radius 1 is 1.26 bits per heavy atom. The van der Waals surface area contributed by atoms with Gasteiger partial charge in [0.1, 0.15) is 17.3 Å². The van der Waals surface area contributed by atoms with E-state index in [2.05, 4.69) is 10.1 Å². The van der Waals surface area contributed by atoms with Crippen molar-refractivity contribution >= 4 is 35.2 Å². The summed E-state index contributed by atoms with van der Waals surface area (Å²) in [6, 6.07) is 7.18. The maximum absolute atomic E-state index is 12.2. The van der Waals surface area contributed by atoms with Crippen LogP contribution in [0.25, 0.3) is 6.08 Å². The summed E-state index contributed by atoms with van der Waals surface area (Å²) in [5.41, 5.74) is 0.233. The smallest absolute Gasteiger partial charge is 0.387 e. The first-order valence-corrected chi connectivity index (χ1v) is 8.12. The van der Waals surface area contributed by atoms with E-state index in [0.29, 0.717) is 11.5 Å². The molecule has 0 fully saturated rings. The summed E-state index contributed by atoms with van der Waals surface area (Å²) in [7, 11) is 0. The summed E-state index contributed by atoms with van der Waals surface area (Å²) in [5.74, 6) is -0.404. The van der Waals surface area contributed by atoms with Crippen LogP contribution in [0.1, 0.15) is 18.4 Å². The molecular weight excluding hydrogens is 384 g/mol. The molecule has 0 bridgehead atoms. The number of nitrogens with one attached hydrogen (secondary N) is 1. The number of carbonyl (C=O) groups excluding carboxylic acids is 2. The second kappa shape index (κ2) is 9.18. The quantitative estimate of drug-likeness (QED) is 0.550. The molecule has 1 atom stereocenters. The monoisotopic (exact) mass is 399 g/mol. The van der Waals surface area contributed by atoms with Gasteiger partial charge in [0.2, 0.25) is 0 Å². The van der Waals surface area contributed by atoms with E-state index in [-0.39, 0.29) is 16.5 Å². The molecule has 1 unspecified atom stereocenters. The zero-order chi connectivity index (χ0) is 20.0. The normalized spacial score (nSPS) is 12.2. The number of hydrogen-bond acceptors (Lipinski definition) is 5. The van der Waals surface area contributed by atoms with Crippen molar-refractivity contribution in [2.24, 2.45) is 0 Å². The standard InChI is InChI=1S/C18H16ClF2NO5/c1-10-3-5-13(25-10)6-8-16(23)26-11(2)17(24)22-12-4-7-15(14(19)9-12)27-18(20)21/h3-9,11,18H,1-2H3,(H,22,24)/b8-6+. The maximum atomic E-state index is 12.2. The van der Waals surface area contributed by atoms with Crippen LogP contribution >= 0.6 is 11.6 Å². The first-order chi connectivity index (χ1) is 12.7. The van der Waals surface area contributed by atoms with Gasteiger partial charge in [-0.1, -0.05) is 11.6 Å². The van der Waals surface area contributed by atoms with Gasteiger partial charge < -0.3 is 19.2 Å². The van der Waals surface area contributed by atoms with Crippen LogP contribution in [0, 0.1) is 6.92 Å². The first-order valence-electron chi connectivity index (χ1n) is 7.75. The maximum Gasteiger partial charge on any atom is 0.387 e. The van der Waals surface area contributed by atoms with Crippen molar-refractivity contribution in [1.29, 1.82) is 0 Å².